The lowest BCUT2D eigenvalue weighted by Gasteiger charge is -2.22. The molecule has 0 bridgehead atoms. The molecule has 1 aliphatic heterocycles. The molecule has 1 heterocycles. The Balaban J connectivity index is 2.03. The van der Waals surface area contributed by atoms with Crippen molar-refractivity contribution in [1.82, 2.24) is 10.6 Å². The monoisotopic (exact) mass is 208 g/mol. The predicted octanol–water partition coefficient (Wildman–Crippen LogP) is 0.906. The van der Waals surface area contributed by atoms with Gasteiger partial charge in [0.25, 0.3) is 0 Å². The Morgan fingerprint density at radius 1 is 1.60 bits per heavy atom. The van der Waals surface area contributed by atoms with Crippen LogP contribution in [0.2, 0.25) is 0 Å². The summed E-state index contributed by atoms with van der Waals surface area (Å²) in [6.07, 6.45) is 9.84. The molecule has 2 N–H and O–H groups in total. The largest absolute Gasteiger partial charge is 0.355 e. The molecule has 15 heavy (non-hydrogen) atoms. The number of carbonyl (C=O) groups excluding carboxylic acids is 1. The number of piperidine rings is 1. The molecular weight excluding hydrogens is 188 g/mol. The van der Waals surface area contributed by atoms with Crippen LogP contribution in [0.25, 0.3) is 0 Å². The highest BCUT2D eigenvalue weighted by Gasteiger charge is 2.13. The van der Waals surface area contributed by atoms with Crippen LogP contribution in [0.3, 0.4) is 0 Å². The molecule has 1 saturated heterocycles. The Morgan fingerprint density at radius 2 is 2.47 bits per heavy atom. The molecular formula is C12H20N2O. The van der Waals surface area contributed by atoms with Crippen molar-refractivity contribution in [2.45, 2.75) is 32.1 Å². The van der Waals surface area contributed by atoms with Crippen molar-refractivity contribution in [3.63, 3.8) is 0 Å². The van der Waals surface area contributed by atoms with Crippen LogP contribution in [0.4, 0.5) is 0 Å². The first-order chi connectivity index (χ1) is 7.33. The molecule has 0 saturated carbocycles. The third-order valence-corrected chi connectivity index (χ3v) is 2.77. The van der Waals surface area contributed by atoms with E-state index in [4.69, 9.17) is 6.42 Å². The van der Waals surface area contributed by atoms with Crippen LogP contribution < -0.4 is 10.6 Å². The van der Waals surface area contributed by atoms with Crippen molar-refractivity contribution in [1.29, 1.82) is 0 Å². The van der Waals surface area contributed by atoms with Crippen molar-refractivity contribution >= 4 is 5.91 Å². The van der Waals surface area contributed by atoms with Gasteiger partial charge in [-0.2, -0.15) is 0 Å². The summed E-state index contributed by atoms with van der Waals surface area (Å²) in [5.74, 6) is 3.32. The van der Waals surface area contributed by atoms with Crippen LogP contribution in [-0.4, -0.2) is 25.5 Å². The minimum absolute atomic E-state index is 0.135. The minimum Gasteiger partial charge on any atom is -0.355 e. The summed E-state index contributed by atoms with van der Waals surface area (Å²) in [7, 11) is 0. The first-order valence-electron chi connectivity index (χ1n) is 5.74. The van der Waals surface area contributed by atoms with E-state index in [0.717, 1.165) is 19.5 Å². The van der Waals surface area contributed by atoms with Crippen molar-refractivity contribution in [3.05, 3.63) is 0 Å². The van der Waals surface area contributed by atoms with Gasteiger partial charge in [-0.15, -0.1) is 12.3 Å². The van der Waals surface area contributed by atoms with E-state index in [9.17, 15) is 4.79 Å². The van der Waals surface area contributed by atoms with Gasteiger partial charge in [-0.3, -0.25) is 4.79 Å². The number of hydrogen-bond acceptors (Lipinski definition) is 2. The summed E-state index contributed by atoms with van der Waals surface area (Å²) in [5, 5.41) is 6.17. The first kappa shape index (κ1) is 12.1. The summed E-state index contributed by atoms with van der Waals surface area (Å²) >= 11 is 0. The number of nitrogens with one attached hydrogen (secondary N) is 2. The van der Waals surface area contributed by atoms with Crippen molar-refractivity contribution in [3.8, 4) is 12.3 Å². The van der Waals surface area contributed by atoms with E-state index in [1.165, 1.54) is 12.8 Å². The molecule has 1 rings (SSSR count). The van der Waals surface area contributed by atoms with E-state index in [2.05, 4.69) is 16.6 Å². The van der Waals surface area contributed by atoms with Gasteiger partial charge in [0, 0.05) is 19.4 Å². The van der Waals surface area contributed by atoms with Gasteiger partial charge in [-0.05, 0) is 38.3 Å². The number of terminal acetylenes is 1. The summed E-state index contributed by atoms with van der Waals surface area (Å²) in [6.45, 7) is 2.81. The lowest BCUT2D eigenvalue weighted by molar-refractivity contribution is -0.121. The van der Waals surface area contributed by atoms with Gasteiger partial charge >= 0.3 is 0 Å². The third-order valence-electron chi connectivity index (χ3n) is 2.77. The quantitative estimate of drug-likeness (QED) is 0.521. The Bertz CT molecular complexity index is 226. The minimum atomic E-state index is 0.135. The lowest BCUT2D eigenvalue weighted by Crippen LogP contribution is -2.31. The summed E-state index contributed by atoms with van der Waals surface area (Å²) < 4.78 is 0. The van der Waals surface area contributed by atoms with Crippen LogP contribution >= 0.6 is 0 Å². The Labute approximate surface area is 92.0 Å². The van der Waals surface area contributed by atoms with E-state index >= 15 is 0 Å². The summed E-state index contributed by atoms with van der Waals surface area (Å²) in [6, 6.07) is 0. The molecule has 84 valence electrons. The van der Waals surface area contributed by atoms with Crippen molar-refractivity contribution in [2.75, 3.05) is 19.6 Å². The van der Waals surface area contributed by atoms with Gasteiger partial charge in [-0.1, -0.05) is 0 Å². The topological polar surface area (TPSA) is 41.1 Å². The molecule has 0 aliphatic carbocycles. The fourth-order valence-corrected chi connectivity index (χ4v) is 1.87. The molecule has 0 radical (unpaired) electrons. The van der Waals surface area contributed by atoms with Crippen molar-refractivity contribution < 1.29 is 4.79 Å². The second-order valence-corrected chi connectivity index (χ2v) is 4.06. The maximum atomic E-state index is 11.4. The fraction of sp³-hybridized carbons (Fsp3) is 0.750. The van der Waals surface area contributed by atoms with E-state index < -0.39 is 0 Å². The summed E-state index contributed by atoms with van der Waals surface area (Å²) in [5.41, 5.74) is 0. The SMILES string of the molecule is C#CCCNC(=O)CCC1CCCNC1. The molecule has 1 atom stereocenters. The molecule has 1 unspecified atom stereocenters. The second-order valence-electron chi connectivity index (χ2n) is 4.06. The average molecular weight is 208 g/mol. The van der Waals surface area contributed by atoms with Crippen LogP contribution in [0.15, 0.2) is 0 Å². The third kappa shape index (κ3) is 5.44. The molecule has 3 heteroatoms. The van der Waals surface area contributed by atoms with E-state index in [1.54, 1.807) is 0 Å². The first-order valence-corrected chi connectivity index (χ1v) is 5.74. The number of rotatable bonds is 5. The Kier molecular flexibility index (Phi) is 5.87. The zero-order valence-electron chi connectivity index (χ0n) is 9.22. The van der Waals surface area contributed by atoms with Crippen LogP contribution in [0.1, 0.15) is 32.1 Å². The van der Waals surface area contributed by atoms with Gasteiger partial charge in [-0.25, -0.2) is 0 Å². The van der Waals surface area contributed by atoms with Gasteiger partial charge in [0.15, 0.2) is 0 Å². The molecule has 0 aromatic carbocycles. The normalized spacial score (nSPS) is 20.6. The van der Waals surface area contributed by atoms with Gasteiger partial charge < -0.3 is 10.6 Å². The van der Waals surface area contributed by atoms with Crippen LogP contribution in [0.5, 0.6) is 0 Å². The highest BCUT2D eigenvalue weighted by atomic mass is 16.1. The van der Waals surface area contributed by atoms with Crippen LogP contribution in [-0.2, 0) is 4.79 Å². The summed E-state index contributed by atoms with van der Waals surface area (Å²) in [4.78, 5) is 11.4. The highest BCUT2D eigenvalue weighted by molar-refractivity contribution is 5.75. The molecule has 1 amide bonds. The zero-order chi connectivity index (χ0) is 10.9. The second kappa shape index (κ2) is 7.30. The highest BCUT2D eigenvalue weighted by Crippen LogP contribution is 2.15. The number of amides is 1. The average Bonchev–Trinajstić information content (AvgIpc) is 2.28. The standard InChI is InChI=1S/C12H20N2O/c1-2-3-9-14-12(15)7-6-11-5-4-8-13-10-11/h1,11,13H,3-10H2,(H,14,15). The Hall–Kier alpha value is -1.01. The Morgan fingerprint density at radius 3 is 3.13 bits per heavy atom. The molecule has 1 aliphatic rings. The number of carbonyl (C=O) groups is 1. The van der Waals surface area contributed by atoms with Gasteiger partial charge in [0.1, 0.15) is 0 Å². The predicted molar refractivity (Wildman–Crippen MR) is 61.3 cm³/mol. The van der Waals surface area contributed by atoms with Gasteiger partial charge in [0.05, 0.1) is 0 Å². The van der Waals surface area contributed by atoms with E-state index in [1.807, 2.05) is 0 Å². The maximum Gasteiger partial charge on any atom is 0.220 e. The lowest BCUT2D eigenvalue weighted by atomic mass is 9.94. The molecule has 0 aromatic rings. The van der Waals surface area contributed by atoms with Crippen molar-refractivity contribution in [2.24, 2.45) is 5.92 Å². The van der Waals surface area contributed by atoms with Gasteiger partial charge in [0.2, 0.25) is 5.91 Å². The van der Waals surface area contributed by atoms with Crippen LogP contribution in [0, 0.1) is 18.3 Å². The maximum absolute atomic E-state index is 11.4. The molecule has 0 aromatic heterocycles. The molecule has 1 fully saturated rings. The molecule has 0 spiro atoms. The molecule has 3 nitrogen and oxygen atoms in total. The fourth-order valence-electron chi connectivity index (χ4n) is 1.87. The zero-order valence-corrected chi connectivity index (χ0v) is 9.22. The van der Waals surface area contributed by atoms with E-state index in [-0.39, 0.29) is 5.91 Å². The smallest absolute Gasteiger partial charge is 0.220 e. The van der Waals surface area contributed by atoms with E-state index in [0.29, 0.717) is 25.3 Å². The number of hydrogen-bond donors (Lipinski definition) is 2.